The lowest BCUT2D eigenvalue weighted by atomic mass is 10.1. The number of amides is 3. The number of ether oxygens (including phenoxy) is 1. The maximum absolute atomic E-state index is 13.4. The highest BCUT2D eigenvalue weighted by Crippen LogP contribution is 2.35. The van der Waals surface area contributed by atoms with Crippen LogP contribution in [-0.4, -0.2) is 81.2 Å². The summed E-state index contributed by atoms with van der Waals surface area (Å²) in [4.78, 5) is 59.2. The molecule has 11 heteroatoms. The number of aliphatic imine (C=N–C) groups is 1. The zero-order valence-electron chi connectivity index (χ0n) is 19.0. The molecule has 0 bridgehead atoms. The van der Waals surface area contributed by atoms with Crippen LogP contribution in [0.25, 0.3) is 0 Å². The summed E-state index contributed by atoms with van der Waals surface area (Å²) in [5.74, 6) is -1.11. The third-order valence-electron chi connectivity index (χ3n) is 5.35. The predicted molar refractivity (Wildman–Crippen MR) is 129 cm³/mol. The number of rotatable bonds is 8. The number of ketones is 1. The SMILES string of the molecule is CCOC(=O)C(CC)SC1=NC2C(C(=O)N(CC(C)=O)C(=O)N2C)N1Cc1cccc(Br)c1. The molecular weight excluding hydrogens is 512 g/mol. The molecule has 0 spiro atoms. The number of imide groups is 1. The quantitative estimate of drug-likeness (QED) is 0.469. The van der Waals surface area contributed by atoms with E-state index in [0.717, 1.165) is 14.9 Å². The van der Waals surface area contributed by atoms with E-state index < -0.39 is 29.4 Å². The van der Waals surface area contributed by atoms with E-state index in [4.69, 9.17) is 9.73 Å². The third-order valence-corrected chi connectivity index (χ3v) is 7.20. The molecular formula is C22H27BrN4O5S. The van der Waals surface area contributed by atoms with Crippen molar-refractivity contribution in [1.82, 2.24) is 14.7 Å². The number of esters is 1. The fraction of sp³-hybridized carbons (Fsp3) is 0.500. The van der Waals surface area contributed by atoms with E-state index in [9.17, 15) is 19.2 Å². The Kier molecular flexibility index (Phi) is 8.17. The molecule has 1 aromatic rings. The maximum Gasteiger partial charge on any atom is 0.328 e. The van der Waals surface area contributed by atoms with Gasteiger partial charge in [0.2, 0.25) is 0 Å². The second-order valence-electron chi connectivity index (χ2n) is 7.81. The van der Waals surface area contributed by atoms with Crippen LogP contribution >= 0.6 is 27.7 Å². The molecule has 0 aromatic heterocycles. The van der Waals surface area contributed by atoms with Crippen molar-refractivity contribution in [1.29, 1.82) is 0 Å². The van der Waals surface area contributed by atoms with Gasteiger partial charge in [0.15, 0.2) is 17.4 Å². The molecule has 1 saturated heterocycles. The van der Waals surface area contributed by atoms with Crippen LogP contribution in [0.15, 0.2) is 33.7 Å². The molecule has 2 heterocycles. The lowest BCUT2D eigenvalue weighted by Crippen LogP contribution is -2.65. The molecule has 0 radical (unpaired) electrons. The number of hydrogen-bond donors (Lipinski definition) is 0. The number of benzene rings is 1. The fourth-order valence-electron chi connectivity index (χ4n) is 3.78. The summed E-state index contributed by atoms with van der Waals surface area (Å²) < 4.78 is 6.09. The summed E-state index contributed by atoms with van der Waals surface area (Å²) in [6.45, 7) is 5.28. The molecule has 3 atom stereocenters. The second-order valence-corrected chi connectivity index (χ2v) is 9.90. The Morgan fingerprint density at radius 1 is 1.27 bits per heavy atom. The van der Waals surface area contributed by atoms with Crippen molar-refractivity contribution in [2.24, 2.45) is 4.99 Å². The van der Waals surface area contributed by atoms with Crippen molar-refractivity contribution in [3.8, 4) is 0 Å². The van der Waals surface area contributed by atoms with Gasteiger partial charge < -0.3 is 14.5 Å². The molecule has 9 nitrogen and oxygen atoms in total. The summed E-state index contributed by atoms with van der Waals surface area (Å²) >= 11 is 4.70. The first-order valence-electron chi connectivity index (χ1n) is 10.7. The van der Waals surface area contributed by atoms with Gasteiger partial charge in [0.05, 0.1) is 13.2 Å². The van der Waals surface area contributed by atoms with Gasteiger partial charge in [-0.15, -0.1) is 0 Å². The number of hydrogen-bond acceptors (Lipinski definition) is 8. The van der Waals surface area contributed by atoms with E-state index in [2.05, 4.69) is 15.9 Å². The average Bonchev–Trinajstić information content (AvgIpc) is 3.11. The number of Topliss-reactive ketones (excluding diaryl/α,β-unsaturated/α-hetero) is 1. The second kappa shape index (κ2) is 10.7. The normalized spacial score (nSPS) is 21.1. The van der Waals surface area contributed by atoms with Crippen molar-refractivity contribution in [2.75, 3.05) is 20.2 Å². The first-order chi connectivity index (χ1) is 15.7. The van der Waals surface area contributed by atoms with E-state index in [-0.39, 0.29) is 24.9 Å². The minimum absolute atomic E-state index is 0.269. The van der Waals surface area contributed by atoms with Crippen LogP contribution in [0.3, 0.4) is 0 Å². The van der Waals surface area contributed by atoms with Crippen molar-refractivity contribution in [2.45, 2.75) is 51.2 Å². The lowest BCUT2D eigenvalue weighted by Gasteiger charge is -2.41. The van der Waals surface area contributed by atoms with Crippen LogP contribution in [0.4, 0.5) is 4.79 Å². The molecule has 0 aliphatic carbocycles. The first kappa shape index (κ1) is 25.2. The zero-order chi connectivity index (χ0) is 24.3. The summed E-state index contributed by atoms with van der Waals surface area (Å²) in [5.41, 5.74) is 0.924. The number of fused-ring (bicyclic) bond motifs is 1. The molecule has 2 aliphatic rings. The molecule has 1 aromatic carbocycles. The van der Waals surface area contributed by atoms with Gasteiger partial charge in [-0.3, -0.25) is 19.3 Å². The van der Waals surface area contributed by atoms with Crippen molar-refractivity contribution in [3.05, 3.63) is 34.3 Å². The van der Waals surface area contributed by atoms with E-state index in [0.29, 0.717) is 18.1 Å². The third kappa shape index (κ3) is 5.40. The first-order valence-corrected chi connectivity index (χ1v) is 12.3. The number of carbonyl (C=O) groups is 4. The van der Waals surface area contributed by atoms with Crippen LogP contribution < -0.4 is 0 Å². The van der Waals surface area contributed by atoms with Gasteiger partial charge in [0, 0.05) is 18.1 Å². The van der Waals surface area contributed by atoms with Gasteiger partial charge in [0.1, 0.15) is 11.0 Å². The Bertz CT molecular complexity index is 987. The molecule has 0 saturated carbocycles. The van der Waals surface area contributed by atoms with Gasteiger partial charge in [0.25, 0.3) is 5.91 Å². The highest BCUT2D eigenvalue weighted by Gasteiger charge is 2.52. The predicted octanol–water partition coefficient (Wildman–Crippen LogP) is 2.87. The lowest BCUT2D eigenvalue weighted by molar-refractivity contribution is -0.142. The number of amidine groups is 1. The average molecular weight is 539 g/mol. The summed E-state index contributed by atoms with van der Waals surface area (Å²) in [7, 11) is 1.57. The van der Waals surface area contributed by atoms with E-state index in [1.807, 2.05) is 36.1 Å². The molecule has 0 N–H and O–H groups in total. The van der Waals surface area contributed by atoms with Gasteiger partial charge in [-0.1, -0.05) is 46.7 Å². The highest BCUT2D eigenvalue weighted by atomic mass is 79.9. The number of urea groups is 1. The number of likely N-dealkylation sites (N-methyl/N-ethyl adjacent to an activating group) is 1. The van der Waals surface area contributed by atoms with Crippen LogP contribution in [-0.2, 0) is 25.7 Å². The minimum Gasteiger partial charge on any atom is -0.465 e. The number of carbonyl (C=O) groups excluding carboxylic acids is 4. The highest BCUT2D eigenvalue weighted by molar-refractivity contribution is 9.10. The van der Waals surface area contributed by atoms with E-state index in [1.54, 1.807) is 14.0 Å². The van der Waals surface area contributed by atoms with Crippen molar-refractivity contribution in [3.63, 3.8) is 0 Å². The van der Waals surface area contributed by atoms with Crippen LogP contribution in [0.5, 0.6) is 0 Å². The summed E-state index contributed by atoms with van der Waals surface area (Å²) in [6, 6.07) is 6.30. The molecule has 1 fully saturated rings. The number of halogens is 1. The fourth-order valence-corrected chi connectivity index (χ4v) is 5.29. The van der Waals surface area contributed by atoms with Gasteiger partial charge >= 0.3 is 12.0 Å². The molecule has 3 rings (SSSR count). The Morgan fingerprint density at radius 3 is 2.61 bits per heavy atom. The molecule has 178 valence electrons. The Hall–Kier alpha value is -2.40. The molecule has 33 heavy (non-hydrogen) atoms. The smallest absolute Gasteiger partial charge is 0.328 e. The maximum atomic E-state index is 13.4. The Labute approximate surface area is 205 Å². The molecule has 2 aliphatic heterocycles. The van der Waals surface area contributed by atoms with Crippen LogP contribution in [0.2, 0.25) is 0 Å². The minimum atomic E-state index is -0.798. The van der Waals surface area contributed by atoms with Gasteiger partial charge in [-0.2, -0.15) is 0 Å². The van der Waals surface area contributed by atoms with Crippen LogP contribution in [0.1, 0.15) is 32.8 Å². The van der Waals surface area contributed by atoms with Crippen molar-refractivity contribution < 1.29 is 23.9 Å². The van der Waals surface area contributed by atoms with E-state index >= 15 is 0 Å². The van der Waals surface area contributed by atoms with Gasteiger partial charge in [-0.05, 0) is 38.0 Å². The number of nitrogens with zero attached hydrogens (tertiary/aromatic N) is 4. The number of thioether (sulfide) groups is 1. The standard InChI is InChI=1S/C22H27BrN4O5S/c1-5-16(20(30)32-6-2)33-21-24-18-17(26(21)12-14-8-7-9-15(23)10-14)19(29)27(11-13(3)28)22(31)25(18)4/h7-10,16-18H,5-6,11-12H2,1-4H3. The molecule has 3 amide bonds. The monoisotopic (exact) mass is 538 g/mol. The van der Waals surface area contributed by atoms with Crippen molar-refractivity contribution >= 4 is 56.6 Å². The topological polar surface area (TPSA) is 99.6 Å². The van der Waals surface area contributed by atoms with Crippen LogP contribution in [0, 0.1) is 0 Å². The Balaban J connectivity index is 1.98. The summed E-state index contributed by atoms with van der Waals surface area (Å²) in [6.07, 6.45) is -0.232. The largest absolute Gasteiger partial charge is 0.465 e. The van der Waals surface area contributed by atoms with Gasteiger partial charge in [-0.25, -0.2) is 9.79 Å². The zero-order valence-corrected chi connectivity index (χ0v) is 21.4. The molecule has 3 unspecified atom stereocenters. The Morgan fingerprint density at radius 2 is 2.00 bits per heavy atom. The summed E-state index contributed by atoms with van der Waals surface area (Å²) in [5, 5.41) is -0.0131. The van der Waals surface area contributed by atoms with E-state index in [1.165, 1.54) is 23.6 Å².